The monoisotopic (exact) mass is 512 g/mol. The second-order valence-corrected chi connectivity index (χ2v) is 14.5. The lowest BCUT2D eigenvalue weighted by atomic mass is 9.97. The zero-order valence-corrected chi connectivity index (χ0v) is 21.7. The molecule has 36 heavy (non-hydrogen) atoms. The molecule has 1 aliphatic heterocycles. The van der Waals surface area contributed by atoms with Crippen molar-refractivity contribution in [1.82, 2.24) is 0 Å². The van der Waals surface area contributed by atoms with Crippen molar-refractivity contribution in [3.05, 3.63) is 108 Å². The Labute approximate surface area is 211 Å². The van der Waals surface area contributed by atoms with Crippen molar-refractivity contribution in [2.45, 2.75) is 50.3 Å². The predicted molar refractivity (Wildman–Crippen MR) is 138 cm³/mol. The first-order chi connectivity index (χ1) is 16.9. The minimum atomic E-state index is -4.46. The first kappa shape index (κ1) is 26.4. The fraction of sp³-hybridized carbons (Fsp3) is 0.310. The largest absolute Gasteiger partial charge is 0.416 e. The van der Waals surface area contributed by atoms with E-state index in [1.165, 1.54) is 12.1 Å². The zero-order valence-electron chi connectivity index (χ0n) is 20.7. The van der Waals surface area contributed by atoms with Gasteiger partial charge in [0.25, 0.3) is 8.32 Å². The molecule has 0 saturated carbocycles. The highest BCUT2D eigenvalue weighted by Crippen LogP contribution is 2.43. The molecule has 0 aliphatic carbocycles. The van der Waals surface area contributed by atoms with Crippen LogP contribution in [0.1, 0.15) is 38.3 Å². The lowest BCUT2D eigenvalue weighted by Crippen LogP contribution is -2.67. The molecular weight excluding hydrogens is 481 g/mol. The minimum Gasteiger partial charge on any atom is -0.405 e. The smallest absolute Gasteiger partial charge is 0.405 e. The number of benzene rings is 3. The molecule has 7 heteroatoms. The van der Waals surface area contributed by atoms with Gasteiger partial charge in [0.05, 0.1) is 18.3 Å². The molecule has 3 aromatic rings. The Morgan fingerprint density at radius 3 is 1.86 bits per heavy atom. The first-order valence-electron chi connectivity index (χ1n) is 11.9. The fourth-order valence-electron chi connectivity index (χ4n) is 5.01. The molecule has 3 nitrogen and oxygen atoms in total. The third-order valence-corrected chi connectivity index (χ3v) is 11.8. The summed E-state index contributed by atoms with van der Waals surface area (Å²) in [6.07, 6.45) is -4.64. The highest BCUT2D eigenvalue weighted by Gasteiger charge is 2.52. The molecule has 0 radical (unpaired) electrons. The van der Waals surface area contributed by atoms with E-state index in [0.29, 0.717) is 12.0 Å². The molecule has 190 valence electrons. The highest BCUT2D eigenvalue weighted by atomic mass is 28.4. The minimum absolute atomic E-state index is 0.204. The van der Waals surface area contributed by atoms with Gasteiger partial charge in [-0.2, -0.15) is 13.2 Å². The average molecular weight is 513 g/mol. The van der Waals surface area contributed by atoms with Gasteiger partial charge >= 0.3 is 6.18 Å². The zero-order chi connectivity index (χ0) is 26.2. The average Bonchev–Trinajstić information content (AvgIpc) is 3.14. The maximum atomic E-state index is 13.0. The molecule has 0 spiro atoms. The summed E-state index contributed by atoms with van der Waals surface area (Å²) in [7, 11) is -2.81. The van der Waals surface area contributed by atoms with Gasteiger partial charge in [0, 0.05) is 12.0 Å². The van der Waals surface area contributed by atoms with Crippen LogP contribution >= 0.6 is 0 Å². The Kier molecular flexibility index (Phi) is 7.05. The lowest BCUT2D eigenvalue weighted by Gasteiger charge is -2.43. The molecule has 3 aromatic carbocycles. The van der Waals surface area contributed by atoms with Crippen molar-refractivity contribution >= 4 is 18.7 Å². The molecule has 0 bridgehead atoms. The molecule has 0 amide bonds. The number of alkyl halides is 3. The summed E-state index contributed by atoms with van der Waals surface area (Å²) in [5.74, 6) is -1.87. The molecule has 0 aromatic heterocycles. The standard InChI is InChI=1S/C29H31F3O3Si/c1-21-19-24(35-28(21,33)22-15-17-23(18-16-22)29(30,31)32)20-34-36(27(2,3)4,25-11-7-5-8-12-25)26-13-9-6-10-14-26/h5-18,24,33H,1,19-20H2,2-4H3/t24-,28?/m0/s1. The predicted octanol–water partition coefficient (Wildman–Crippen LogP) is 5.77. The summed E-state index contributed by atoms with van der Waals surface area (Å²) >= 11 is 0. The van der Waals surface area contributed by atoms with Crippen LogP contribution in [-0.4, -0.2) is 26.1 Å². The highest BCUT2D eigenvalue weighted by molar-refractivity contribution is 6.99. The van der Waals surface area contributed by atoms with Crippen molar-refractivity contribution in [1.29, 1.82) is 0 Å². The van der Waals surface area contributed by atoms with E-state index in [0.717, 1.165) is 22.5 Å². The van der Waals surface area contributed by atoms with E-state index in [1.54, 1.807) is 0 Å². The van der Waals surface area contributed by atoms with E-state index >= 15 is 0 Å². The van der Waals surface area contributed by atoms with E-state index in [2.05, 4.69) is 51.6 Å². The third kappa shape index (κ3) is 4.80. The van der Waals surface area contributed by atoms with Gasteiger partial charge in [-0.25, -0.2) is 0 Å². The number of aliphatic hydroxyl groups is 1. The Hall–Kier alpha value is -2.71. The normalized spacial score (nSPS) is 21.1. The summed E-state index contributed by atoms with van der Waals surface area (Å²) < 4.78 is 51.9. The molecule has 1 unspecified atom stereocenters. The van der Waals surface area contributed by atoms with Crippen LogP contribution in [0.3, 0.4) is 0 Å². The van der Waals surface area contributed by atoms with Crippen LogP contribution in [0.4, 0.5) is 13.2 Å². The molecule has 1 fully saturated rings. The van der Waals surface area contributed by atoms with Gasteiger partial charge in [-0.05, 0) is 33.1 Å². The molecule has 1 heterocycles. The molecule has 1 aliphatic rings. The van der Waals surface area contributed by atoms with Crippen molar-refractivity contribution in [3.63, 3.8) is 0 Å². The van der Waals surface area contributed by atoms with Crippen LogP contribution in [0.15, 0.2) is 97.1 Å². The second kappa shape index (κ2) is 9.63. The molecule has 1 saturated heterocycles. The summed E-state index contributed by atoms with van der Waals surface area (Å²) in [6, 6.07) is 24.7. The Morgan fingerprint density at radius 1 is 0.917 bits per heavy atom. The van der Waals surface area contributed by atoms with Crippen molar-refractivity contribution < 1.29 is 27.4 Å². The molecule has 2 atom stereocenters. The van der Waals surface area contributed by atoms with Crippen molar-refractivity contribution in [2.75, 3.05) is 6.61 Å². The number of ether oxygens (including phenoxy) is 1. The van der Waals surface area contributed by atoms with E-state index in [-0.39, 0.29) is 17.2 Å². The van der Waals surface area contributed by atoms with Gasteiger partial charge in [0.15, 0.2) is 0 Å². The number of hydrogen-bond donors (Lipinski definition) is 1. The van der Waals surface area contributed by atoms with Crippen LogP contribution in [0.5, 0.6) is 0 Å². The fourth-order valence-corrected chi connectivity index (χ4v) is 9.60. The van der Waals surface area contributed by atoms with Gasteiger partial charge in [-0.15, -0.1) is 0 Å². The Morgan fingerprint density at radius 2 is 1.42 bits per heavy atom. The maximum absolute atomic E-state index is 13.0. The van der Waals surface area contributed by atoms with E-state index in [4.69, 9.17) is 9.16 Å². The van der Waals surface area contributed by atoms with Gasteiger partial charge in [0.2, 0.25) is 5.79 Å². The second-order valence-electron chi connectivity index (χ2n) is 10.2. The van der Waals surface area contributed by atoms with Crippen molar-refractivity contribution in [2.24, 2.45) is 0 Å². The van der Waals surface area contributed by atoms with Crippen molar-refractivity contribution in [3.8, 4) is 0 Å². The Bertz CT molecular complexity index is 1150. The van der Waals surface area contributed by atoms with Gasteiger partial charge in [0.1, 0.15) is 0 Å². The topological polar surface area (TPSA) is 38.7 Å². The number of halogens is 3. The van der Waals surface area contributed by atoms with E-state index in [9.17, 15) is 18.3 Å². The van der Waals surface area contributed by atoms with Gasteiger partial charge < -0.3 is 14.3 Å². The van der Waals surface area contributed by atoms with Crippen LogP contribution in [-0.2, 0) is 21.1 Å². The maximum Gasteiger partial charge on any atom is 0.416 e. The first-order valence-corrected chi connectivity index (χ1v) is 13.8. The third-order valence-electron chi connectivity index (χ3n) is 6.80. The summed E-state index contributed by atoms with van der Waals surface area (Å²) in [5.41, 5.74) is -0.184. The molecule has 1 N–H and O–H groups in total. The molecule has 4 rings (SSSR count). The van der Waals surface area contributed by atoms with Crippen LogP contribution in [0.2, 0.25) is 5.04 Å². The van der Waals surface area contributed by atoms with Crippen LogP contribution < -0.4 is 10.4 Å². The van der Waals surface area contributed by atoms with Gasteiger partial charge in [-0.1, -0.05) is 100 Å². The number of rotatable bonds is 6. The lowest BCUT2D eigenvalue weighted by molar-refractivity contribution is -0.185. The summed E-state index contributed by atoms with van der Waals surface area (Å²) in [4.78, 5) is 0. The summed E-state index contributed by atoms with van der Waals surface area (Å²) in [6.45, 7) is 10.7. The van der Waals surface area contributed by atoms with E-state index in [1.807, 2.05) is 36.4 Å². The van der Waals surface area contributed by atoms with Gasteiger partial charge in [-0.3, -0.25) is 0 Å². The molecular formula is C29H31F3O3Si. The van der Waals surface area contributed by atoms with E-state index < -0.39 is 31.9 Å². The van der Waals surface area contributed by atoms with Crippen LogP contribution in [0.25, 0.3) is 0 Å². The Balaban J connectivity index is 1.63. The van der Waals surface area contributed by atoms with Crippen LogP contribution in [0, 0.1) is 0 Å². The summed E-state index contributed by atoms with van der Waals surface area (Å²) in [5, 5.41) is 13.3. The number of hydrogen-bond acceptors (Lipinski definition) is 3. The SMILES string of the molecule is C=C1C[C@@H](CO[Si](c2ccccc2)(c2ccccc2)C(C)(C)C)OC1(O)c1ccc(C(F)(F)F)cc1. The quantitative estimate of drug-likeness (QED) is 0.337.